The molecule has 0 aromatic carbocycles. The summed E-state index contributed by atoms with van der Waals surface area (Å²) in [6.07, 6.45) is 0.485. The van der Waals surface area contributed by atoms with E-state index in [1.54, 1.807) is 0 Å². The highest BCUT2D eigenvalue weighted by Gasteiger charge is 2.22. The maximum atomic E-state index is 11.1. The van der Waals surface area contributed by atoms with Crippen molar-refractivity contribution in [2.24, 2.45) is 0 Å². The fourth-order valence-corrected chi connectivity index (χ4v) is 2.24. The molecule has 0 aliphatic heterocycles. The van der Waals surface area contributed by atoms with Crippen molar-refractivity contribution < 1.29 is 43.7 Å². The Morgan fingerprint density at radius 3 is 1.92 bits per heavy atom. The van der Waals surface area contributed by atoms with Crippen LogP contribution in [0.1, 0.15) is 13.8 Å². The lowest BCUT2D eigenvalue weighted by molar-refractivity contribution is -0.909. The molecule has 0 aliphatic rings. The topological polar surface area (TPSA) is 129 Å². The Morgan fingerprint density at radius 2 is 1.67 bits per heavy atom. The van der Waals surface area contributed by atoms with Crippen LogP contribution in [0.25, 0.3) is 4.13 Å². The van der Waals surface area contributed by atoms with Crippen LogP contribution in [0.2, 0.25) is 0 Å². The van der Waals surface area contributed by atoms with Crippen molar-refractivity contribution in [1.82, 2.24) is 0 Å². The molecule has 0 bridgehead atoms. The third-order valence-corrected chi connectivity index (χ3v) is 4.37. The van der Waals surface area contributed by atoms with E-state index in [0.717, 1.165) is 27.8 Å². The number of carbonyl (C=O) groups excluding carboxylic acids is 1. The SMILES string of the molecule is C=CC(=O)OCC(O)C[N+](C)(CC)CC.O=S(=O)(F)[N-]S(=O)(=O)F. The minimum Gasteiger partial charge on any atom is -0.460 e. The van der Waals surface area contributed by atoms with Gasteiger partial charge in [0.2, 0.25) is 20.8 Å². The van der Waals surface area contributed by atoms with Crippen molar-refractivity contribution in [2.45, 2.75) is 20.0 Å². The number of hydrogen-bond donors (Lipinski definition) is 1. The molecule has 0 spiro atoms. The van der Waals surface area contributed by atoms with Crippen LogP contribution in [-0.2, 0) is 30.3 Å². The molecule has 0 rings (SSSR count). The van der Waals surface area contributed by atoms with Crippen LogP contribution in [0, 0.1) is 0 Å². The van der Waals surface area contributed by atoms with Crippen LogP contribution in [0.3, 0.4) is 0 Å². The summed E-state index contributed by atoms with van der Waals surface area (Å²) in [5.41, 5.74) is 0. The second-order valence-electron chi connectivity index (χ2n) is 4.82. The number of ether oxygens (including phenoxy) is 1. The summed E-state index contributed by atoms with van der Waals surface area (Å²) in [5.74, 6) is -0.490. The van der Waals surface area contributed by atoms with Crippen molar-refractivity contribution in [1.29, 1.82) is 0 Å². The van der Waals surface area contributed by atoms with Gasteiger partial charge in [-0.2, -0.15) is 0 Å². The molecule has 0 aliphatic carbocycles. The van der Waals surface area contributed by atoms with Crippen molar-refractivity contribution in [3.8, 4) is 0 Å². The van der Waals surface area contributed by atoms with Crippen molar-refractivity contribution in [2.75, 3.05) is 33.3 Å². The monoisotopic (exact) mass is 396 g/mol. The van der Waals surface area contributed by atoms with Crippen LogP contribution in [-0.4, -0.2) is 71.8 Å². The standard InChI is InChI=1S/C11H22NO3.F2NO4S2/c1-5-11(14)15-9-10(13)8-12(4,6-2)7-3;1-8(4,5)3-9(2,6)7/h5,10,13H,1,6-9H2,2-4H3;/q+1;-1. The predicted molar refractivity (Wildman–Crippen MR) is 82.7 cm³/mol. The molecule has 0 saturated heterocycles. The second-order valence-corrected chi connectivity index (χ2v) is 7.07. The van der Waals surface area contributed by atoms with Crippen molar-refractivity contribution in [3.63, 3.8) is 0 Å². The number of halogens is 2. The van der Waals surface area contributed by atoms with Gasteiger partial charge in [0.05, 0.1) is 20.1 Å². The Balaban J connectivity index is 0. The molecule has 24 heavy (non-hydrogen) atoms. The van der Waals surface area contributed by atoms with Crippen LogP contribution in [0.15, 0.2) is 12.7 Å². The zero-order valence-electron chi connectivity index (χ0n) is 13.6. The predicted octanol–water partition coefficient (Wildman–Crippen LogP) is 0.352. The van der Waals surface area contributed by atoms with Crippen molar-refractivity contribution >= 4 is 26.8 Å². The van der Waals surface area contributed by atoms with Crippen LogP contribution < -0.4 is 0 Å². The summed E-state index contributed by atoms with van der Waals surface area (Å²) in [6.45, 7) is 9.97. The molecule has 1 atom stereocenters. The van der Waals surface area contributed by atoms with Crippen LogP contribution in [0.5, 0.6) is 0 Å². The summed E-state index contributed by atoms with van der Waals surface area (Å²) in [6, 6.07) is 0. The van der Waals surface area contributed by atoms with E-state index in [0.29, 0.717) is 6.54 Å². The highest BCUT2D eigenvalue weighted by atomic mass is 32.3. The molecular formula is C11H22F2N2O7S2. The quantitative estimate of drug-likeness (QED) is 0.258. The van der Waals surface area contributed by atoms with Gasteiger partial charge in [-0.3, -0.25) is 0 Å². The Morgan fingerprint density at radius 1 is 1.25 bits per heavy atom. The fraction of sp³-hybridized carbons (Fsp3) is 0.727. The summed E-state index contributed by atoms with van der Waals surface area (Å²) in [5, 5.41) is 9.66. The number of rotatable bonds is 9. The number of quaternary nitrogens is 1. The Kier molecular flexibility index (Phi) is 11.1. The average molecular weight is 396 g/mol. The molecule has 0 fully saturated rings. The average Bonchev–Trinajstić information content (AvgIpc) is 2.41. The van der Waals surface area contributed by atoms with Gasteiger partial charge in [-0.25, -0.2) is 21.6 Å². The first kappa shape index (κ1) is 25.1. The second kappa shape index (κ2) is 10.7. The van der Waals surface area contributed by atoms with Gasteiger partial charge in [0.25, 0.3) is 0 Å². The zero-order valence-corrected chi connectivity index (χ0v) is 15.2. The molecule has 0 amide bonds. The molecule has 0 aromatic heterocycles. The lowest BCUT2D eigenvalue weighted by atomic mass is 10.3. The van der Waals surface area contributed by atoms with Crippen molar-refractivity contribution in [3.05, 3.63) is 16.8 Å². The molecule has 1 unspecified atom stereocenters. The van der Waals surface area contributed by atoms with E-state index < -0.39 is 32.9 Å². The van der Waals surface area contributed by atoms with Gasteiger partial charge < -0.3 is 18.5 Å². The van der Waals surface area contributed by atoms with Gasteiger partial charge in [0, 0.05) is 6.08 Å². The minimum absolute atomic E-state index is 0.0404. The van der Waals surface area contributed by atoms with Gasteiger partial charge in [-0.15, -0.1) is 7.77 Å². The Bertz CT molecular complexity index is 574. The minimum atomic E-state index is -5.62. The van der Waals surface area contributed by atoms with E-state index in [1.165, 1.54) is 0 Å². The third kappa shape index (κ3) is 15.7. The largest absolute Gasteiger partial charge is 0.460 e. The fourth-order valence-electron chi connectivity index (χ4n) is 1.39. The number of aliphatic hydroxyl groups excluding tert-OH is 1. The molecule has 13 heteroatoms. The third-order valence-electron chi connectivity index (χ3n) is 2.94. The summed E-state index contributed by atoms with van der Waals surface area (Å²) in [7, 11) is -9.17. The van der Waals surface area contributed by atoms with Gasteiger partial charge in [0.15, 0.2) is 0 Å². The number of aliphatic hydroxyl groups is 1. The van der Waals surface area contributed by atoms with Crippen LogP contribution >= 0.6 is 0 Å². The van der Waals surface area contributed by atoms with Gasteiger partial charge in [-0.05, 0) is 13.8 Å². The van der Waals surface area contributed by atoms with E-state index in [4.69, 9.17) is 4.74 Å². The zero-order chi connectivity index (χ0) is 19.6. The van der Waals surface area contributed by atoms with E-state index in [-0.39, 0.29) is 6.61 Å². The van der Waals surface area contributed by atoms with E-state index >= 15 is 0 Å². The molecule has 0 radical (unpaired) electrons. The van der Waals surface area contributed by atoms with Crippen LogP contribution in [0.4, 0.5) is 7.77 Å². The highest BCUT2D eigenvalue weighted by Crippen LogP contribution is 2.11. The lowest BCUT2D eigenvalue weighted by Crippen LogP contribution is -2.49. The maximum Gasteiger partial charge on any atom is 0.330 e. The van der Waals surface area contributed by atoms with E-state index in [1.807, 2.05) is 0 Å². The molecule has 144 valence electrons. The number of esters is 1. The molecule has 0 heterocycles. The van der Waals surface area contributed by atoms with E-state index in [2.05, 4.69) is 27.5 Å². The first-order valence-corrected chi connectivity index (χ1v) is 9.30. The molecule has 0 saturated carbocycles. The maximum absolute atomic E-state index is 11.1. The summed E-state index contributed by atoms with van der Waals surface area (Å²) < 4.78 is 65.6. The Hall–Kier alpha value is -1.15. The first-order chi connectivity index (χ1) is 10.7. The number of likely N-dealkylation sites (N-methyl/N-ethyl adjacent to an activating group) is 1. The lowest BCUT2D eigenvalue weighted by Gasteiger charge is -2.33. The van der Waals surface area contributed by atoms with Gasteiger partial charge in [-0.1, -0.05) is 6.58 Å². The molecule has 0 aromatic rings. The highest BCUT2D eigenvalue weighted by molar-refractivity contribution is 8.07. The van der Waals surface area contributed by atoms with Gasteiger partial charge >= 0.3 is 5.97 Å². The van der Waals surface area contributed by atoms with Gasteiger partial charge in [0.1, 0.15) is 19.3 Å². The summed E-state index contributed by atoms with van der Waals surface area (Å²) in [4.78, 5) is 10.8. The normalized spacial score (nSPS) is 13.4. The molecule has 9 nitrogen and oxygen atoms in total. The first-order valence-electron chi connectivity index (χ1n) is 6.62. The smallest absolute Gasteiger partial charge is 0.330 e. The Labute approximate surface area is 141 Å². The number of carbonyl (C=O) groups is 1. The molecular weight excluding hydrogens is 374 g/mol. The number of nitrogens with zero attached hydrogens (tertiary/aromatic N) is 2. The summed E-state index contributed by atoms with van der Waals surface area (Å²) >= 11 is 0. The van der Waals surface area contributed by atoms with E-state index in [9.17, 15) is 34.5 Å². The number of hydrogen-bond acceptors (Lipinski definition) is 7. The molecule has 1 N–H and O–H groups in total.